The Kier molecular flexibility index (Phi) is 13.2. The van der Waals surface area contributed by atoms with Gasteiger partial charge in [-0.1, -0.05) is 103 Å². The second-order valence-electron chi connectivity index (χ2n) is 8.23. The van der Waals surface area contributed by atoms with Gasteiger partial charge in [-0.25, -0.2) is 0 Å². The van der Waals surface area contributed by atoms with Crippen molar-refractivity contribution in [3.05, 3.63) is 11.6 Å². The average Bonchev–Trinajstić information content (AvgIpc) is 2.98. The lowest BCUT2D eigenvalue weighted by Gasteiger charge is -2.27. The van der Waals surface area contributed by atoms with Gasteiger partial charge in [-0.3, -0.25) is 14.5 Å². The number of nitrogens with zero attached hydrogens (tertiary/aromatic N) is 1. The number of unbranched alkanes of at least 4 members (excludes halogenated alkanes) is 11. The van der Waals surface area contributed by atoms with Gasteiger partial charge in [0.05, 0.1) is 6.04 Å². The lowest BCUT2D eigenvalue weighted by molar-refractivity contribution is -0.140. The maximum atomic E-state index is 12.2. The molecule has 156 valence electrons. The molecule has 1 fully saturated rings. The normalized spacial score (nSPS) is 16.4. The van der Waals surface area contributed by atoms with Crippen LogP contribution >= 0.6 is 0 Å². The molecule has 0 saturated carbocycles. The van der Waals surface area contributed by atoms with Gasteiger partial charge >= 0.3 is 0 Å². The highest BCUT2D eigenvalue weighted by atomic mass is 16.2. The predicted molar refractivity (Wildman–Crippen MR) is 115 cm³/mol. The number of hydrogen-bond acceptors (Lipinski definition) is 2. The zero-order valence-electron chi connectivity index (χ0n) is 18.2. The van der Waals surface area contributed by atoms with E-state index < -0.39 is 0 Å². The van der Waals surface area contributed by atoms with Crippen LogP contribution in [0.15, 0.2) is 11.6 Å². The Balaban J connectivity index is 2.36. The van der Waals surface area contributed by atoms with Gasteiger partial charge in [-0.15, -0.1) is 0 Å². The molecule has 3 nitrogen and oxygen atoms in total. The third-order valence-electron chi connectivity index (χ3n) is 5.78. The molecule has 1 heterocycles. The molecule has 27 heavy (non-hydrogen) atoms. The van der Waals surface area contributed by atoms with Crippen molar-refractivity contribution in [3.63, 3.8) is 0 Å². The number of rotatable bonds is 16. The molecule has 0 aromatic carbocycles. The van der Waals surface area contributed by atoms with Gasteiger partial charge in [0.1, 0.15) is 0 Å². The maximum Gasteiger partial charge on any atom is 0.230 e. The van der Waals surface area contributed by atoms with E-state index >= 15 is 0 Å². The molecule has 0 bridgehead atoms. The Labute approximate surface area is 168 Å². The van der Waals surface area contributed by atoms with Crippen molar-refractivity contribution in [2.24, 2.45) is 0 Å². The second-order valence-corrected chi connectivity index (χ2v) is 8.23. The lowest BCUT2D eigenvalue weighted by Crippen LogP contribution is -2.40. The van der Waals surface area contributed by atoms with E-state index in [1.165, 1.54) is 76.2 Å². The van der Waals surface area contributed by atoms with Gasteiger partial charge in [-0.05, 0) is 19.8 Å². The van der Waals surface area contributed by atoms with Crippen LogP contribution in [0.4, 0.5) is 0 Å². The highest BCUT2D eigenvalue weighted by molar-refractivity contribution is 6.02. The SMILES string of the molecule is CCCC/C=C(\C)C(CCCCCCCCCCCC)N1C(=O)CCC1=O. The van der Waals surface area contributed by atoms with Gasteiger partial charge in [-0.2, -0.15) is 0 Å². The Bertz CT molecular complexity index is 439. The fourth-order valence-electron chi connectivity index (χ4n) is 4.00. The molecule has 1 rings (SSSR count). The molecule has 1 aliphatic rings. The van der Waals surface area contributed by atoms with E-state index in [0.717, 1.165) is 19.3 Å². The molecule has 1 unspecified atom stereocenters. The number of imide groups is 1. The zero-order valence-corrected chi connectivity index (χ0v) is 18.2. The molecule has 0 N–H and O–H groups in total. The van der Waals surface area contributed by atoms with Gasteiger partial charge in [0, 0.05) is 12.8 Å². The molecular formula is C24H43NO2. The summed E-state index contributed by atoms with van der Waals surface area (Å²) in [4.78, 5) is 26.0. The van der Waals surface area contributed by atoms with Crippen molar-refractivity contribution in [3.8, 4) is 0 Å². The monoisotopic (exact) mass is 377 g/mol. The summed E-state index contributed by atoms with van der Waals surface area (Å²) in [5.74, 6) is 0.0561. The predicted octanol–water partition coefficient (Wildman–Crippen LogP) is 6.95. The third kappa shape index (κ3) is 9.58. The van der Waals surface area contributed by atoms with Crippen molar-refractivity contribution in [2.45, 2.75) is 130 Å². The Morgan fingerprint density at radius 1 is 0.815 bits per heavy atom. The molecule has 1 aliphatic heterocycles. The summed E-state index contributed by atoms with van der Waals surface area (Å²) in [6.45, 7) is 6.56. The first-order chi connectivity index (χ1) is 13.1. The number of amides is 2. The zero-order chi connectivity index (χ0) is 19.9. The van der Waals surface area contributed by atoms with Crippen LogP contribution in [0.3, 0.4) is 0 Å². The topological polar surface area (TPSA) is 37.4 Å². The molecule has 1 saturated heterocycles. The smallest absolute Gasteiger partial charge is 0.230 e. The van der Waals surface area contributed by atoms with Crippen LogP contribution in [0.1, 0.15) is 124 Å². The molecule has 2 amide bonds. The van der Waals surface area contributed by atoms with Crippen LogP contribution in [-0.2, 0) is 9.59 Å². The number of carbonyl (C=O) groups is 2. The van der Waals surface area contributed by atoms with Crippen molar-refractivity contribution < 1.29 is 9.59 Å². The quantitative estimate of drug-likeness (QED) is 0.166. The Hall–Kier alpha value is -1.12. The van der Waals surface area contributed by atoms with Crippen LogP contribution in [-0.4, -0.2) is 22.8 Å². The summed E-state index contributed by atoms with van der Waals surface area (Å²) in [6, 6.07) is -0.00148. The van der Waals surface area contributed by atoms with E-state index in [1.807, 2.05) is 0 Å². The largest absolute Gasteiger partial charge is 0.275 e. The fraction of sp³-hybridized carbons (Fsp3) is 0.833. The van der Waals surface area contributed by atoms with E-state index in [2.05, 4.69) is 26.8 Å². The second kappa shape index (κ2) is 14.9. The van der Waals surface area contributed by atoms with Gasteiger partial charge < -0.3 is 0 Å². The van der Waals surface area contributed by atoms with E-state index in [9.17, 15) is 9.59 Å². The van der Waals surface area contributed by atoms with E-state index in [1.54, 1.807) is 4.90 Å². The highest BCUT2D eigenvalue weighted by Gasteiger charge is 2.35. The lowest BCUT2D eigenvalue weighted by atomic mass is 9.97. The van der Waals surface area contributed by atoms with E-state index in [-0.39, 0.29) is 17.9 Å². The van der Waals surface area contributed by atoms with Crippen molar-refractivity contribution >= 4 is 11.8 Å². The number of likely N-dealkylation sites (tertiary alicyclic amines) is 1. The molecule has 1 atom stereocenters. The van der Waals surface area contributed by atoms with Crippen molar-refractivity contribution in [2.75, 3.05) is 0 Å². The minimum atomic E-state index is -0.00148. The summed E-state index contributed by atoms with van der Waals surface area (Å²) in [5, 5.41) is 0. The molecular weight excluding hydrogens is 334 g/mol. The first-order valence-electron chi connectivity index (χ1n) is 11.6. The minimum Gasteiger partial charge on any atom is -0.275 e. The molecule has 0 radical (unpaired) electrons. The first-order valence-corrected chi connectivity index (χ1v) is 11.6. The van der Waals surface area contributed by atoms with Gasteiger partial charge in [0.25, 0.3) is 0 Å². The van der Waals surface area contributed by atoms with Gasteiger partial charge in [0.2, 0.25) is 11.8 Å². The summed E-state index contributed by atoms with van der Waals surface area (Å²) in [6.07, 6.45) is 20.5. The summed E-state index contributed by atoms with van der Waals surface area (Å²) in [5.41, 5.74) is 1.21. The summed E-state index contributed by atoms with van der Waals surface area (Å²) < 4.78 is 0. The Morgan fingerprint density at radius 2 is 1.30 bits per heavy atom. The molecule has 0 aliphatic carbocycles. The van der Waals surface area contributed by atoms with Crippen LogP contribution in [0.5, 0.6) is 0 Å². The molecule has 0 spiro atoms. The third-order valence-corrected chi connectivity index (χ3v) is 5.78. The number of allylic oxidation sites excluding steroid dienone is 1. The first kappa shape index (κ1) is 23.9. The summed E-state index contributed by atoms with van der Waals surface area (Å²) >= 11 is 0. The van der Waals surface area contributed by atoms with Crippen LogP contribution in [0.2, 0.25) is 0 Å². The highest BCUT2D eigenvalue weighted by Crippen LogP contribution is 2.25. The Morgan fingerprint density at radius 3 is 1.81 bits per heavy atom. The molecule has 0 aromatic heterocycles. The summed E-state index contributed by atoms with van der Waals surface area (Å²) in [7, 11) is 0. The van der Waals surface area contributed by atoms with Crippen molar-refractivity contribution in [1.29, 1.82) is 0 Å². The number of hydrogen-bond donors (Lipinski definition) is 0. The van der Waals surface area contributed by atoms with Crippen LogP contribution < -0.4 is 0 Å². The standard InChI is InChI=1S/C24H43NO2/c1-4-6-8-9-10-11-12-13-14-16-18-22(21(3)17-15-7-5-2)25-23(26)19-20-24(25)27/h17,22H,4-16,18-20H2,1-3H3/b21-17+. The maximum absolute atomic E-state index is 12.2. The molecule has 0 aromatic rings. The minimum absolute atomic E-state index is 0.00148. The average molecular weight is 378 g/mol. The van der Waals surface area contributed by atoms with Gasteiger partial charge in [0.15, 0.2) is 0 Å². The van der Waals surface area contributed by atoms with Crippen molar-refractivity contribution in [1.82, 2.24) is 4.90 Å². The van der Waals surface area contributed by atoms with E-state index in [0.29, 0.717) is 12.8 Å². The van der Waals surface area contributed by atoms with E-state index in [4.69, 9.17) is 0 Å². The van der Waals surface area contributed by atoms with Crippen LogP contribution in [0, 0.1) is 0 Å². The number of carbonyl (C=O) groups excluding carboxylic acids is 2. The fourth-order valence-corrected chi connectivity index (χ4v) is 4.00. The molecule has 3 heteroatoms. The van der Waals surface area contributed by atoms with Crippen LogP contribution in [0.25, 0.3) is 0 Å².